The number of carbonyl (C=O) groups excluding carboxylic acids is 1. The fourth-order valence-corrected chi connectivity index (χ4v) is 1.10. The van der Waals surface area contributed by atoms with Crippen LogP contribution in [-0.2, 0) is 0 Å². The van der Waals surface area contributed by atoms with E-state index in [9.17, 15) is 14.9 Å². The Labute approximate surface area is 94.5 Å². The zero-order valence-electron chi connectivity index (χ0n) is 8.36. The number of aromatic nitrogens is 2. The maximum Gasteiger partial charge on any atom is 0.365 e. The number of amides is 1. The summed E-state index contributed by atoms with van der Waals surface area (Å²) in [5.74, 6) is -0.818. The molecule has 0 saturated heterocycles. The molecule has 0 aliphatic rings. The highest BCUT2D eigenvalue weighted by Gasteiger charge is 2.14. The number of nitrogens with one attached hydrogen (secondary N) is 1. The number of oxazole rings is 1. The summed E-state index contributed by atoms with van der Waals surface area (Å²) in [6.07, 6.45) is 2.27. The molecule has 1 amide bonds. The van der Waals surface area contributed by atoms with E-state index in [0.717, 1.165) is 12.7 Å². The van der Waals surface area contributed by atoms with Crippen LogP contribution in [0.15, 0.2) is 35.3 Å². The Hall–Kier alpha value is -2.77. The van der Waals surface area contributed by atoms with Gasteiger partial charge in [-0.05, 0) is 16.0 Å². The summed E-state index contributed by atoms with van der Waals surface area (Å²) in [5.41, 5.74) is 0.0679. The van der Waals surface area contributed by atoms with Crippen LogP contribution in [0.2, 0.25) is 0 Å². The van der Waals surface area contributed by atoms with Crippen LogP contribution < -0.4 is 5.32 Å². The van der Waals surface area contributed by atoms with Gasteiger partial charge in [0.25, 0.3) is 5.91 Å². The second-order valence-electron chi connectivity index (χ2n) is 2.97. The number of anilines is 1. The van der Waals surface area contributed by atoms with Crippen LogP contribution in [0.3, 0.4) is 0 Å². The number of rotatable bonds is 3. The van der Waals surface area contributed by atoms with Crippen molar-refractivity contribution in [3.63, 3.8) is 0 Å². The van der Waals surface area contributed by atoms with Gasteiger partial charge in [0.2, 0.25) is 5.82 Å². The van der Waals surface area contributed by atoms with Gasteiger partial charge < -0.3 is 14.5 Å². The van der Waals surface area contributed by atoms with Crippen molar-refractivity contribution in [2.75, 3.05) is 5.32 Å². The Bertz CT molecular complexity index is 552. The summed E-state index contributed by atoms with van der Waals surface area (Å²) in [6, 6.07) is 4.08. The first-order chi connectivity index (χ1) is 8.16. The Morgan fingerprint density at radius 1 is 1.47 bits per heavy atom. The number of hydrogen-bond donors (Lipinski definition) is 1. The average Bonchev–Trinajstić information content (AvgIpc) is 2.82. The summed E-state index contributed by atoms with van der Waals surface area (Å²) >= 11 is 0. The van der Waals surface area contributed by atoms with Gasteiger partial charge in [-0.15, -0.1) is 0 Å². The molecule has 0 aliphatic heterocycles. The van der Waals surface area contributed by atoms with Crippen LogP contribution in [0.5, 0.6) is 0 Å². The smallest absolute Gasteiger partial charge is 0.365 e. The predicted octanol–water partition coefficient (Wildman–Crippen LogP) is 1.23. The van der Waals surface area contributed by atoms with Crippen molar-refractivity contribution in [2.45, 2.75) is 0 Å². The van der Waals surface area contributed by atoms with E-state index in [2.05, 4.69) is 19.7 Å². The van der Waals surface area contributed by atoms with Crippen molar-refractivity contribution in [3.05, 3.63) is 46.7 Å². The van der Waals surface area contributed by atoms with Crippen LogP contribution in [0.4, 0.5) is 11.6 Å². The molecule has 0 unspecified atom stereocenters. The summed E-state index contributed by atoms with van der Waals surface area (Å²) in [5, 5.41) is 12.8. The van der Waals surface area contributed by atoms with Crippen LogP contribution in [-0.4, -0.2) is 20.8 Å². The molecule has 2 heterocycles. The molecular formula is C9H6N4O4. The molecule has 8 heteroatoms. The molecule has 2 aromatic rings. The van der Waals surface area contributed by atoms with E-state index in [-0.39, 0.29) is 17.3 Å². The van der Waals surface area contributed by atoms with Crippen LogP contribution in [0.1, 0.15) is 10.5 Å². The van der Waals surface area contributed by atoms with E-state index in [0.29, 0.717) is 0 Å². The van der Waals surface area contributed by atoms with Crippen molar-refractivity contribution in [1.29, 1.82) is 0 Å². The molecule has 2 rings (SSSR count). The Balaban J connectivity index is 2.16. The predicted molar refractivity (Wildman–Crippen MR) is 55.3 cm³/mol. The fourth-order valence-electron chi connectivity index (χ4n) is 1.10. The summed E-state index contributed by atoms with van der Waals surface area (Å²) < 4.78 is 4.63. The molecule has 0 aromatic carbocycles. The third-order valence-electron chi connectivity index (χ3n) is 1.83. The third-order valence-corrected chi connectivity index (χ3v) is 1.83. The number of hydrogen-bond acceptors (Lipinski definition) is 6. The number of carbonyl (C=O) groups is 1. The van der Waals surface area contributed by atoms with Crippen LogP contribution in [0, 0.1) is 10.1 Å². The molecule has 0 saturated carbocycles. The second kappa shape index (κ2) is 4.39. The average molecular weight is 234 g/mol. The van der Waals surface area contributed by atoms with E-state index in [1.165, 1.54) is 18.2 Å². The van der Waals surface area contributed by atoms with Gasteiger partial charge in [-0.25, -0.2) is 4.98 Å². The molecule has 1 N–H and O–H groups in total. The van der Waals surface area contributed by atoms with Crippen molar-refractivity contribution >= 4 is 17.5 Å². The van der Waals surface area contributed by atoms with Gasteiger partial charge in [0.1, 0.15) is 6.26 Å². The Morgan fingerprint density at radius 3 is 2.94 bits per heavy atom. The van der Waals surface area contributed by atoms with E-state index >= 15 is 0 Å². The van der Waals surface area contributed by atoms with Gasteiger partial charge in [0.05, 0.1) is 0 Å². The fraction of sp³-hybridized carbons (Fsp3) is 0. The number of nitrogens with zero attached hydrogens (tertiary/aromatic N) is 3. The van der Waals surface area contributed by atoms with Crippen molar-refractivity contribution < 1.29 is 14.1 Å². The molecule has 2 aromatic heterocycles. The largest absolute Gasteiger partial charge is 0.451 e. The summed E-state index contributed by atoms with van der Waals surface area (Å²) in [6.45, 7) is 0. The lowest BCUT2D eigenvalue weighted by atomic mass is 10.4. The van der Waals surface area contributed by atoms with Gasteiger partial charge >= 0.3 is 5.82 Å². The lowest BCUT2D eigenvalue weighted by Gasteiger charge is -1.97. The van der Waals surface area contributed by atoms with Crippen LogP contribution in [0.25, 0.3) is 0 Å². The Morgan fingerprint density at radius 2 is 2.29 bits per heavy atom. The minimum absolute atomic E-state index is 0.0679. The summed E-state index contributed by atoms with van der Waals surface area (Å²) in [4.78, 5) is 28.6. The van der Waals surface area contributed by atoms with E-state index in [4.69, 9.17) is 0 Å². The minimum atomic E-state index is -0.647. The normalized spacial score (nSPS) is 9.88. The van der Waals surface area contributed by atoms with E-state index < -0.39 is 10.8 Å². The maximum absolute atomic E-state index is 11.5. The zero-order chi connectivity index (χ0) is 12.3. The molecule has 0 aliphatic carbocycles. The lowest BCUT2D eigenvalue weighted by molar-refractivity contribution is -0.389. The number of nitro groups is 1. The second-order valence-corrected chi connectivity index (χ2v) is 2.97. The van der Waals surface area contributed by atoms with Gasteiger partial charge in [-0.2, -0.15) is 0 Å². The van der Waals surface area contributed by atoms with Gasteiger partial charge in [-0.1, -0.05) is 0 Å². The standard InChI is InChI=1S/C9H6N4O4/c14-9(6-4-17-5-10-6)12-7-2-1-3-8(11-7)13(15)16/h1-5H,(H,11,12,14). The van der Waals surface area contributed by atoms with E-state index in [1.807, 2.05) is 0 Å². The van der Waals surface area contributed by atoms with Crippen molar-refractivity contribution in [1.82, 2.24) is 9.97 Å². The monoisotopic (exact) mass is 234 g/mol. The highest BCUT2D eigenvalue weighted by atomic mass is 16.6. The molecule has 0 bridgehead atoms. The highest BCUT2D eigenvalue weighted by molar-refractivity contribution is 6.02. The molecular weight excluding hydrogens is 228 g/mol. The first kappa shape index (κ1) is 10.7. The van der Waals surface area contributed by atoms with Gasteiger partial charge in [0.15, 0.2) is 12.1 Å². The van der Waals surface area contributed by atoms with Gasteiger partial charge in [-0.3, -0.25) is 10.1 Å². The van der Waals surface area contributed by atoms with Crippen LogP contribution >= 0.6 is 0 Å². The third kappa shape index (κ3) is 2.43. The molecule has 0 fully saturated rings. The van der Waals surface area contributed by atoms with E-state index in [1.54, 1.807) is 0 Å². The van der Waals surface area contributed by atoms with Crippen molar-refractivity contribution in [2.24, 2.45) is 0 Å². The zero-order valence-corrected chi connectivity index (χ0v) is 8.36. The SMILES string of the molecule is O=C(Nc1cccc([N+](=O)[O-])n1)c1cocn1. The highest BCUT2D eigenvalue weighted by Crippen LogP contribution is 2.11. The topological polar surface area (TPSA) is 111 Å². The molecule has 17 heavy (non-hydrogen) atoms. The quantitative estimate of drug-likeness (QED) is 0.631. The molecule has 0 spiro atoms. The lowest BCUT2D eigenvalue weighted by Crippen LogP contribution is -2.13. The first-order valence-corrected chi connectivity index (χ1v) is 4.48. The molecule has 0 radical (unpaired) electrons. The number of pyridine rings is 1. The summed E-state index contributed by atoms with van der Waals surface area (Å²) in [7, 11) is 0. The maximum atomic E-state index is 11.5. The molecule has 0 atom stereocenters. The minimum Gasteiger partial charge on any atom is -0.451 e. The molecule has 86 valence electrons. The molecule has 8 nitrogen and oxygen atoms in total. The van der Waals surface area contributed by atoms with Gasteiger partial charge in [0, 0.05) is 12.1 Å². The first-order valence-electron chi connectivity index (χ1n) is 4.48. The van der Waals surface area contributed by atoms with Crippen molar-refractivity contribution in [3.8, 4) is 0 Å². The Kier molecular flexibility index (Phi) is 2.77.